The number of hydrogen-bond acceptors (Lipinski definition) is 2. The van der Waals surface area contributed by atoms with Crippen LogP contribution in [0.25, 0.3) is 0 Å². The number of aryl methyl sites for hydroxylation is 2. The minimum Gasteiger partial charge on any atom is -0.378 e. The molecular weight excluding hydrogens is 185 g/mol. The minimum atomic E-state index is -4.64. The SMILES string of the molecule is Cc1cc(C(O)C(F)(F)F)n(C)n1. The number of aromatic nitrogens is 2. The van der Waals surface area contributed by atoms with E-state index in [1.165, 1.54) is 13.1 Å². The molecule has 0 saturated heterocycles. The summed E-state index contributed by atoms with van der Waals surface area (Å²) in [5.74, 6) is 0. The Morgan fingerprint density at radius 3 is 2.38 bits per heavy atom. The molecule has 74 valence electrons. The maximum absolute atomic E-state index is 12.0. The number of aliphatic hydroxyl groups is 1. The van der Waals surface area contributed by atoms with E-state index < -0.39 is 12.3 Å². The van der Waals surface area contributed by atoms with Gasteiger partial charge in [0, 0.05) is 7.05 Å². The Morgan fingerprint density at radius 1 is 1.54 bits per heavy atom. The fraction of sp³-hybridized carbons (Fsp3) is 0.571. The summed E-state index contributed by atoms with van der Waals surface area (Å²) in [6, 6.07) is 1.21. The molecule has 1 unspecified atom stereocenters. The molecule has 1 atom stereocenters. The average molecular weight is 194 g/mol. The molecule has 1 rings (SSSR count). The molecule has 0 spiro atoms. The smallest absolute Gasteiger partial charge is 0.378 e. The van der Waals surface area contributed by atoms with E-state index in [1.807, 2.05) is 0 Å². The van der Waals surface area contributed by atoms with Crippen LogP contribution >= 0.6 is 0 Å². The number of aliphatic hydroxyl groups excluding tert-OH is 1. The van der Waals surface area contributed by atoms with E-state index in [4.69, 9.17) is 5.11 Å². The van der Waals surface area contributed by atoms with E-state index in [2.05, 4.69) is 5.10 Å². The highest BCUT2D eigenvalue weighted by Crippen LogP contribution is 2.32. The van der Waals surface area contributed by atoms with Crippen molar-refractivity contribution in [1.29, 1.82) is 0 Å². The molecule has 6 heteroatoms. The van der Waals surface area contributed by atoms with Gasteiger partial charge in [-0.2, -0.15) is 18.3 Å². The number of nitrogens with zero attached hydrogens (tertiary/aromatic N) is 2. The minimum absolute atomic E-state index is 0.245. The van der Waals surface area contributed by atoms with E-state index in [0.717, 1.165) is 4.68 Å². The Bertz CT molecular complexity index is 305. The molecule has 3 nitrogen and oxygen atoms in total. The van der Waals surface area contributed by atoms with Crippen molar-refractivity contribution in [3.63, 3.8) is 0 Å². The van der Waals surface area contributed by atoms with Crippen LogP contribution in [-0.4, -0.2) is 21.1 Å². The summed E-state index contributed by atoms with van der Waals surface area (Å²) < 4.78 is 37.1. The predicted molar refractivity (Wildman–Crippen MR) is 39.0 cm³/mol. The molecule has 0 amide bonds. The van der Waals surface area contributed by atoms with Crippen LogP contribution in [0.2, 0.25) is 0 Å². The number of hydrogen-bond donors (Lipinski definition) is 1. The monoisotopic (exact) mass is 194 g/mol. The molecule has 0 aliphatic carbocycles. The van der Waals surface area contributed by atoms with Crippen molar-refractivity contribution < 1.29 is 18.3 Å². The largest absolute Gasteiger partial charge is 0.420 e. The second kappa shape index (κ2) is 3.02. The Labute approximate surface area is 72.8 Å². The average Bonchev–Trinajstić information content (AvgIpc) is 2.26. The van der Waals surface area contributed by atoms with E-state index in [1.54, 1.807) is 6.92 Å². The molecule has 0 aromatic carbocycles. The lowest BCUT2D eigenvalue weighted by Crippen LogP contribution is -2.22. The summed E-state index contributed by atoms with van der Waals surface area (Å²) in [6.07, 6.45) is -7.10. The highest BCUT2D eigenvalue weighted by molar-refractivity contribution is 5.12. The first kappa shape index (κ1) is 10.0. The summed E-state index contributed by atoms with van der Waals surface area (Å²) in [7, 11) is 1.36. The molecule has 1 heterocycles. The number of halogens is 3. The third-order valence-corrected chi connectivity index (χ3v) is 1.63. The zero-order valence-corrected chi connectivity index (χ0v) is 7.13. The molecule has 0 saturated carbocycles. The first-order valence-corrected chi connectivity index (χ1v) is 3.57. The van der Waals surface area contributed by atoms with Crippen molar-refractivity contribution in [3.05, 3.63) is 17.5 Å². The number of rotatable bonds is 1. The van der Waals surface area contributed by atoms with Crippen molar-refractivity contribution >= 4 is 0 Å². The quantitative estimate of drug-likeness (QED) is 0.732. The fourth-order valence-electron chi connectivity index (χ4n) is 1.05. The summed E-state index contributed by atoms with van der Waals surface area (Å²) in [6.45, 7) is 1.56. The summed E-state index contributed by atoms with van der Waals surface area (Å²) in [5.41, 5.74) is 0.200. The maximum Gasteiger partial charge on any atom is 0.420 e. The highest BCUT2D eigenvalue weighted by Gasteiger charge is 2.41. The van der Waals surface area contributed by atoms with Gasteiger partial charge in [0.05, 0.1) is 11.4 Å². The van der Waals surface area contributed by atoms with Crippen LogP contribution in [0.1, 0.15) is 17.5 Å². The van der Waals surface area contributed by atoms with Gasteiger partial charge in [0.25, 0.3) is 0 Å². The van der Waals surface area contributed by atoms with Gasteiger partial charge in [-0.1, -0.05) is 0 Å². The fourth-order valence-corrected chi connectivity index (χ4v) is 1.05. The summed E-state index contributed by atoms with van der Waals surface area (Å²) in [5, 5.41) is 12.6. The van der Waals surface area contributed by atoms with Gasteiger partial charge >= 0.3 is 6.18 Å². The van der Waals surface area contributed by atoms with Crippen LogP contribution in [0.5, 0.6) is 0 Å². The standard InChI is InChI=1S/C7H9F3N2O/c1-4-3-5(12(2)11-4)6(13)7(8,9)10/h3,6,13H,1-2H3. The van der Waals surface area contributed by atoms with E-state index in [9.17, 15) is 13.2 Å². The van der Waals surface area contributed by atoms with Crippen molar-refractivity contribution in [1.82, 2.24) is 9.78 Å². The molecule has 0 bridgehead atoms. The van der Waals surface area contributed by atoms with Crippen LogP contribution in [0, 0.1) is 6.92 Å². The van der Waals surface area contributed by atoms with Gasteiger partial charge in [-0.3, -0.25) is 4.68 Å². The first-order valence-electron chi connectivity index (χ1n) is 3.57. The molecular formula is C7H9F3N2O. The topological polar surface area (TPSA) is 38.0 Å². The molecule has 0 fully saturated rings. The molecule has 1 N–H and O–H groups in total. The van der Waals surface area contributed by atoms with Gasteiger partial charge < -0.3 is 5.11 Å². The lowest BCUT2D eigenvalue weighted by Gasteiger charge is -2.13. The molecule has 13 heavy (non-hydrogen) atoms. The number of alkyl halides is 3. The van der Waals surface area contributed by atoms with E-state index >= 15 is 0 Å². The van der Waals surface area contributed by atoms with Gasteiger partial charge in [0.1, 0.15) is 0 Å². The third kappa shape index (κ3) is 2.00. The predicted octanol–water partition coefficient (Wildman–Crippen LogP) is 1.32. The van der Waals surface area contributed by atoms with Crippen molar-refractivity contribution in [2.75, 3.05) is 0 Å². The van der Waals surface area contributed by atoms with Gasteiger partial charge in [-0.05, 0) is 13.0 Å². The summed E-state index contributed by atoms with van der Waals surface area (Å²) >= 11 is 0. The summed E-state index contributed by atoms with van der Waals surface area (Å²) in [4.78, 5) is 0. The van der Waals surface area contributed by atoms with Crippen LogP contribution in [0.4, 0.5) is 13.2 Å². The van der Waals surface area contributed by atoms with Crippen LogP contribution in [0.15, 0.2) is 6.07 Å². The normalized spacial score (nSPS) is 14.6. The van der Waals surface area contributed by atoms with E-state index in [-0.39, 0.29) is 5.69 Å². The second-order valence-corrected chi connectivity index (χ2v) is 2.78. The van der Waals surface area contributed by atoms with Gasteiger partial charge in [-0.25, -0.2) is 0 Å². The van der Waals surface area contributed by atoms with Crippen molar-refractivity contribution in [2.24, 2.45) is 7.05 Å². The molecule has 1 aromatic rings. The Kier molecular flexibility index (Phi) is 2.34. The Hall–Kier alpha value is -1.04. The van der Waals surface area contributed by atoms with Gasteiger partial charge in [0.2, 0.25) is 0 Å². The maximum atomic E-state index is 12.0. The highest BCUT2D eigenvalue weighted by atomic mass is 19.4. The molecule has 0 radical (unpaired) electrons. The lowest BCUT2D eigenvalue weighted by molar-refractivity contribution is -0.208. The molecule has 1 aromatic heterocycles. The van der Waals surface area contributed by atoms with Gasteiger partial charge in [-0.15, -0.1) is 0 Å². The Balaban J connectivity index is 3.01. The third-order valence-electron chi connectivity index (χ3n) is 1.63. The van der Waals surface area contributed by atoms with Gasteiger partial charge in [0.15, 0.2) is 6.10 Å². The second-order valence-electron chi connectivity index (χ2n) is 2.78. The first-order chi connectivity index (χ1) is 5.82. The molecule has 0 aliphatic rings. The van der Waals surface area contributed by atoms with Crippen molar-refractivity contribution in [2.45, 2.75) is 19.2 Å². The van der Waals surface area contributed by atoms with Crippen LogP contribution in [0.3, 0.4) is 0 Å². The molecule has 0 aliphatic heterocycles. The Morgan fingerprint density at radius 2 is 2.08 bits per heavy atom. The lowest BCUT2D eigenvalue weighted by atomic mass is 10.2. The van der Waals surface area contributed by atoms with Crippen LogP contribution in [-0.2, 0) is 7.05 Å². The zero-order valence-electron chi connectivity index (χ0n) is 7.13. The van der Waals surface area contributed by atoms with Crippen molar-refractivity contribution in [3.8, 4) is 0 Å². The van der Waals surface area contributed by atoms with E-state index in [0.29, 0.717) is 5.69 Å². The van der Waals surface area contributed by atoms with Crippen LogP contribution < -0.4 is 0 Å². The zero-order chi connectivity index (χ0) is 10.2.